The minimum atomic E-state index is 0.0279. The average Bonchev–Trinajstić information content (AvgIpc) is 2.72. The van der Waals surface area contributed by atoms with Gasteiger partial charge in [-0.3, -0.25) is 4.68 Å². The van der Waals surface area contributed by atoms with Gasteiger partial charge in [0.25, 0.3) is 0 Å². The molecule has 1 unspecified atom stereocenters. The van der Waals surface area contributed by atoms with E-state index in [1.165, 1.54) is 0 Å². The molecule has 19 heavy (non-hydrogen) atoms. The molecule has 2 aromatic heterocycles. The highest BCUT2D eigenvalue weighted by molar-refractivity contribution is 6.31. The van der Waals surface area contributed by atoms with Crippen LogP contribution in [0.15, 0.2) is 18.5 Å². The van der Waals surface area contributed by atoms with Crippen LogP contribution in [0.5, 0.6) is 0 Å². The molecule has 0 amide bonds. The Morgan fingerprint density at radius 2 is 2.05 bits per heavy atom. The molecule has 6 heteroatoms. The van der Waals surface area contributed by atoms with Gasteiger partial charge in [-0.1, -0.05) is 11.6 Å². The minimum Gasteiger partial charge on any atom is -0.310 e. The van der Waals surface area contributed by atoms with Gasteiger partial charge in [-0.25, -0.2) is 9.97 Å². The Morgan fingerprint density at radius 3 is 2.63 bits per heavy atom. The van der Waals surface area contributed by atoms with Crippen LogP contribution < -0.4 is 5.32 Å². The van der Waals surface area contributed by atoms with E-state index in [-0.39, 0.29) is 6.04 Å². The number of aromatic nitrogens is 4. The Kier molecular flexibility index (Phi) is 4.50. The third kappa shape index (κ3) is 2.93. The van der Waals surface area contributed by atoms with Gasteiger partial charge < -0.3 is 5.32 Å². The molecule has 5 nitrogen and oxygen atoms in total. The van der Waals surface area contributed by atoms with E-state index in [9.17, 15) is 0 Å². The van der Waals surface area contributed by atoms with Crippen molar-refractivity contribution in [3.05, 3.63) is 40.7 Å². The number of halogens is 1. The van der Waals surface area contributed by atoms with Crippen molar-refractivity contribution in [3.63, 3.8) is 0 Å². The molecule has 0 saturated carbocycles. The van der Waals surface area contributed by atoms with Crippen molar-refractivity contribution >= 4 is 11.6 Å². The second-order valence-corrected chi connectivity index (χ2v) is 4.69. The van der Waals surface area contributed by atoms with Gasteiger partial charge in [0.2, 0.25) is 0 Å². The number of hydrogen-bond donors (Lipinski definition) is 1. The molecule has 0 aliphatic carbocycles. The lowest BCUT2D eigenvalue weighted by Crippen LogP contribution is -2.22. The maximum atomic E-state index is 6.33. The summed E-state index contributed by atoms with van der Waals surface area (Å²) >= 11 is 6.33. The van der Waals surface area contributed by atoms with E-state index in [0.717, 1.165) is 28.8 Å². The first-order valence-electron chi connectivity index (χ1n) is 6.33. The number of aryl methyl sites for hydroxylation is 2. The zero-order chi connectivity index (χ0) is 13.8. The molecule has 0 aliphatic rings. The summed E-state index contributed by atoms with van der Waals surface area (Å²) in [7, 11) is 1.90. The summed E-state index contributed by atoms with van der Waals surface area (Å²) in [5, 5.41) is 8.39. The molecule has 0 fully saturated rings. The van der Waals surface area contributed by atoms with Crippen molar-refractivity contribution in [2.75, 3.05) is 7.05 Å². The number of rotatable bonds is 5. The van der Waals surface area contributed by atoms with E-state index in [1.54, 1.807) is 12.4 Å². The topological polar surface area (TPSA) is 55.6 Å². The van der Waals surface area contributed by atoms with Gasteiger partial charge in [0.05, 0.1) is 22.5 Å². The van der Waals surface area contributed by atoms with Crippen LogP contribution in [0.3, 0.4) is 0 Å². The highest BCUT2D eigenvalue weighted by Gasteiger charge is 2.19. The number of nitrogens with zero attached hydrogens (tertiary/aromatic N) is 4. The Labute approximate surface area is 118 Å². The normalized spacial score (nSPS) is 12.6. The van der Waals surface area contributed by atoms with E-state index in [4.69, 9.17) is 11.6 Å². The highest BCUT2D eigenvalue weighted by atomic mass is 35.5. The molecule has 0 saturated heterocycles. The molecule has 1 atom stereocenters. The van der Waals surface area contributed by atoms with Gasteiger partial charge in [-0.15, -0.1) is 0 Å². The summed E-state index contributed by atoms with van der Waals surface area (Å²) in [5.41, 5.74) is 1.89. The summed E-state index contributed by atoms with van der Waals surface area (Å²) in [5.74, 6) is 0.766. The number of nitrogens with one attached hydrogen (secondary N) is 1. The maximum Gasteiger partial charge on any atom is 0.145 e. The molecule has 0 bridgehead atoms. The van der Waals surface area contributed by atoms with Gasteiger partial charge in [-0.05, 0) is 27.0 Å². The van der Waals surface area contributed by atoms with Gasteiger partial charge in [-0.2, -0.15) is 5.10 Å². The molecule has 102 valence electrons. The van der Waals surface area contributed by atoms with Crippen LogP contribution in [0.25, 0.3) is 0 Å². The van der Waals surface area contributed by atoms with E-state index < -0.39 is 0 Å². The largest absolute Gasteiger partial charge is 0.310 e. The summed E-state index contributed by atoms with van der Waals surface area (Å²) in [6, 6.07) is 1.84. The Balaban J connectivity index is 2.29. The molecule has 2 heterocycles. The fraction of sp³-hybridized carbons (Fsp3) is 0.462. The average molecular weight is 280 g/mol. The second kappa shape index (κ2) is 6.12. The fourth-order valence-electron chi connectivity index (χ4n) is 2.07. The quantitative estimate of drug-likeness (QED) is 0.911. The van der Waals surface area contributed by atoms with Crippen LogP contribution in [-0.4, -0.2) is 26.8 Å². The van der Waals surface area contributed by atoms with E-state index in [0.29, 0.717) is 6.42 Å². The lowest BCUT2D eigenvalue weighted by atomic mass is 10.1. The molecular formula is C13H18ClN5. The highest BCUT2D eigenvalue weighted by Crippen LogP contribution is 2.24. The van der Waals surface area contributed by atoms with Crippen molar-refractivity contribution < 1.29 is 0 Å². The van der Waals surface area contributed by atoms with Crippen LogP contribution in [0.4, 0.5) is 0 Å². The first-order chi connectivity index (χ1) is 9.17. The van der Waals surface area contributed by atoms with Crippen molar-refractivity contribution in [1.82, 2.24) is 25.1 Å². The lowest BCUT2D eigenvalue weighted by molar-refractivity contribution is 0.520. The Morgan fingerprint density at radius 1 is 1.37 bits per heavy atom. The molecule has 0 aliphatic heterocycles. The lowest BCUT2D eigenvalue weighted by Gasteiger charge is -2.15. The zero-order valence-corrected chi connectivity index (χ0v) is 12.1. The Hall–Kier alpha value is -1.46. The molecule has 0 aromatic carbocycles. The number of likely N-dealkylation sites (N-methyl/N-ethyl adjacent to an activating group) is 1. The molecule has 1 N–H and O–H groups in total. The van der Waals surface area contributed by atoms with Crippen LogP contribution >= 0.6 is 11.6 Å². The van der Waals surface area contributed by atoms with Crippen LogP contribution in [-0.2, 0) is 13.0 Å². The second-order valence-electron chi connectivity index (χ2n) is 4.31. The van der Waals surface area contributed by atoms with Gasteiger partial charge in [0.1, 0.15) is 5.82 Å². The predicted molar refractivity (Wildman–Crippen MR) is 75.2 cm³/mol. The summed E-state index contributed by atoms with van der Waals surface area (Å²) < 4.78 is 1.94. The van der Waals surface area contributed by atoms with E-state index >= 15 is 0 Å². The van der Waals surface area contributed by atoms with E-state index in [2.05, 4.69) is 27.3 Å². The molecular weight excluding hydrogens is 262 g/mol. The van der Waals surface area contributed by atoms with Crippen molar-refractivity contribution in [2.24, 2.45) is 0 Å². The van der Waals surface area contributed by atoms with Gasteiger partial charge >= 0.3 is 0 Å². The predicted octanol–water partition coefficient (Wildman–Crippen LogP) is 2.16. The van der Waals surface area contributed by atoms with E-state index in [1.807, 2.05) is 24.7 Å². The van der Waals surface area contributed by atoms with Crippen LogP contribution in [0, 0.1) is 6.92 Å². The van der Waals surface area contributed by atoms with Crippen molar-refractivity contribution in [3.8, 4) is 0 Å². The molecule has 2 rings (SSSR count). The number of hydrogen-bond acceptors (Lipinski definition) is 4. The van der Waals surface area contributed by atoms with Crippen LogP contribution in [0.2, 0.25) is 5.02 Å². The first kappa shape index (κ1) is 14.0. The summed E-state index contributed by atoms with van der Waals surface area (Å²) in [6.07, 6.45) is 4.21. The monoisotopic (exact) mass is 279 g/mol. The first-order valence-corrected chi connectivity index (χ1v) is 6.71. The summed E-state index contributed by atoms with van der Waals surface area (Å²) in [4.78, 5) is 8.58. The minimum absolute atomic E-state index is 0.0279. The van der Waals surface area contributed by atoms with Crippen molar-refractivity contribution in [2.45, 2.75) is 32.9 Å². The third-order valence-electron chi connectivity index (χ3n) is 3.10. The van der Waals surface area contributed by atoms with Gasteiger partial charge in [0.15, 0.2) is 0 Å². The third-order valence-corrected chi connectivity index (χ3v) is 3.59. The van der Waals surface area contributed by atoms with Gasteiger partial charge in [0, 0.05) is 25.4 Å². The molecule has 2 aromatic rings. The van der Waals surface area contributed by atoms with Crippen LogP contribution in [0.1, 0.15) is 30.2 Å². The van der Waals surface area contributed by atoms with Crippen molar-refractivity contribution in [1.29, 1.82) is 0 Å². The standard InChI is InChI=1S/C13H18ClN5/c1-4-19-11(12(14)9(2)18-19)8-10(15-3)13-16-6-5-7-17-13/h5-7,10,15H,4,8H2,1-3H3. The molecule has 0 radical (unpaired) electrons. The zero-order valence-electron chi connectivity index (χ0n) is 11.4. The SMILES string of the molecule is CCn1nc(C)c(Cl)c1CC(NC)c1ncccn1. The Bertz CT molecular complexity index is 537. The smallest absolute Gasteiger partial charge is 0.145 e. The fourth-order valence-corrected chi connectivity index (χ4v) is 2.28. The maximum absolute atomic E-state index is 6.33. The molecule has 0 spiro atoms. The summed E-state index contributed by atoms with van der Waals surface area (Å²) in [6.45, 7) is 4.78.